The molecule has 0 bridgehead atoms. The second-order valence-electron chi connectivity index (χ2n) is 5.07. The zero-order valence-electron chi connectivity index (χ0n) is 13.3. The van der Waals surface area contributed by atoms with Crippen LogP contribution in [0, 0.1) is 0 Å². The van der Waals surface area contributed by atoms with Crippen molar-refractivity contribution in [2.45, 2.75) is 19.8 Å². The molecule has 0 unspecified atom stereocenters. The fourth-order valence-corrected chi connectivity index (χ4v) is 2.22. The quantitative estimate of drug-likeness (QED) is 0.784. The van der Waals surface area contributed by atoms with Crippen molar-refractivity contribution in [2.75, 3.05) is 20.2 Å². The summed E-state index contributed by atoms with van der Waals surface area (Å²) in [6.07, 6.45) is 7.04. The SMILES string of the molecule is CCOc1ncccc1C(=O)N(C)CCCc1nccn1C. The van der Waals surface area contributed by atoms with Crippen molar-refractivity contribution >= 4 is 5.91 Å². The van der Waals surface area contributed by atoms with Gasteiger partial charge in [-0.25, -0.2) is 9.97 Å². The highest BCUT2D eigenvalue weighted by Gasteiger charge is 2.17. The molecule has 0 saturated carbocycles. The number of hydrogen-bond donors (Lipinski definition) is 0. The standard InChI is InChI=1S/C16H22N4O2/c1-4-22-15-13(7-5-9-18-15)16(21)20(3)11-6-8-14-17-10-12-19(14)2/h5,7,9-10,12H,4,6,8,11H2,1-3H3. The number of carbonyl (C=O) groups is 1. The second-order valence-corrected chi connectivity index (χ2v) is 5.07. The first kappa shape index (κ1) is 16.0. The molecular formula is C16H22N4O2. The van der Waals surface area contributed by atoms with E-state index >= 15 is 0 Å². The molecule has 0 fully saturated rings. The van der Waals surface area contributed by atoms with Gasteiger partial charge in [-0.05, 0) is 25.5 Å². The maximum absolute atomic E-state index is 12.5. The van der Waals surface area contributed by atoms with Crippen molar-refractivity contribution in [3.05, 3.63) is 42.1 Å². The average Bonchev–Trinajstić information content (AvgIpc) is 2.93. The first-order valence-electron chi connectivity index (χ1n) is 7.43. The molecule has 1 amide bonds. The molecule has 2 rings (SSSR count). The average molecular weight is 302 g/mol. The molecule has 0 saturated heterocycles. The number of ether oxygens (including phenoxy) is 1. The minimum atomic E-state index is -0.0728. The van der Waals surface area contributed by atoms with Crippen LogP contribution in [-0.4, -0.2) is 45.5 Å². The molecule has 6 nitrogen and oxygen atoms in total. The zero-order valence-corrected chi connectivity index (χ0v) is 13.3. The Kier molecular flexibility index (Phi) is 5.52. The Hall–Kier alpha value is -2.37. The number of hydrogen-bond acceptors (Lipinski definition) is 4. The monoisotopic (exact) mass is 302 g/mol. The van der Waals surface area contributed by atoms with E-state index in [1.165, 1.54) is 0 Å². The van der Waals surface area contributed by atoms with Crippen LogP contribution in [0.15, 0.2) is 30.7 Å². The summed E-state index contributed by atoms with van der Waals surface area (Å²) in [5.41, 5.74) is 0.504. The minimum Gasteiger partial charge on any atom is -0.477 e. The Bertz CT molecular complexity index is 624. The van der Waals surface area contributed by atoms with Gasteiger partial charge in [-0.1, -0.05) is 0 Å². The van der Waals surface area contributed by atoms with Crippen LogP contribution in [-0.2, 0) is 13.5 Å². The van der Waals surface area contributed by atoms with Gasteiger partial charge in [-0.15, -0.1) is 0 Å². The molecule has 0 aromatic carbocycles. The molecule has 0 aliphatic heterocycles. The van der Waals surface area contributed by atoms with Crippen molar-refractivity contribution in [1.82, 2.24) is 19.4 Å². The number of amides is 1. The van der Waals surface area contributed by atoms with E-state index in [4.69, 9.17) is 4.74 Å². The summed E-state index contributed by atoms with van der Waals surface area (Å²) >= 11 is 0. The van der Waals surface area contributed by atoms with E-state index in [1.807, 2.05) is 24.7 Å². The van der Waals surface area contributed by atoms with E-state index in [1.54, 1.807) is 36.5 Å². The predicted molar refractivity (Wildman–Crippen MR) is 83.9 cm³/mol. The highest BCUT2D eigenvalue weighted by atomic mass is 16.5. The maximum Gasteiger partial charge on any atom is 0.259 e. The van der Waals surface area contributed by atoms with Crippen LogP contribution >= 0.6 is 0 Å². The smallest absolute Gasteiger partial charge is 0.259 e. The summed E-state index contributed by atoms with van der Waals surface area (Å²) in [5, 5.41) is 0. The van der Waals surface area contributed by atoms with E-state index in [-0.39, 0.29) is 5.91 Å². The molecular weight excluding hydrogens is 280 g/mol. The lowest BCUT2D eigenvalue weighted by Crippen LogP contribution is -2.28. The number of aryl methyl sites for hydroxylation is 2. The van der Waals surface area contributed by atoms with Gasteiger partial charge in [0.15, 0.2) is 0 Å². The summed E-state index contributed by atoms with van der Waals surface area (Å²) in [6, 6.07) is 3.49. The molecule has 0 aliphatic rings. The van der Waals surface area contributed by atoms with Crippen molar-refractivity contribution in [3.8, 4) is 5.88 Å². The van der Waals surface area contributed by atoms with Crippen molar-refractivity contribution in [1.29, 1.82) is 0 Å². The Balaban J connectivity index is 1.93. The molecule has 0 spiro atoms. The third-order valence-electron chi connectivity index (χ3n) is 3.44. The normalized spacial score (nSPS) is 10.5. The lowest BCUT2D eigenvalue weighted by molar-refractivity contribution is 0.0788. The summed E-state index contributed by atoms with van der Waals surface area (Å²) < 4.78 is 7.41. The van der Waals surface area contributed by atoms with Crippen molar-refractivity contribution in [2.24, 2.45) is 7.05 Å². The maximum atomic E-state index is 12.5. The van der Waals surface area contributed by atoms with Gasteiger partial charge in [0.25, 0.3) is 5.91 Å². The first-order valence-corrected chi connectivity index (χ1v) is 7.43. The topological polar surface area (TPSA) is 60.2 Å². The summed E-state index contributed by atoms with van der Waals surface area (Å²) in [6.45, 7) is 3.02. The fourth-order valence-electron chi connectivity index (χ4n) is 2.22. The largest absolute Gasteiger partial charge is 0.477 e. The highest BCUT2D eigenvalue weighted by Crippen LogP contribution is 2.16. The molecule has 0 N–H and O–H groups in total. The molecule has 22 heavy (non-hydrogen) atoms. The number of carbonyl (C=O) groups excluding carboxylic acids is 1. The van der Waals surface area contributed by atoms with Gasteiger partial charge in [0, 0.05) is 45.7 Å². The number of nitrogens with zero attached hydrogens (tertiary/aromatic N) is 4. The number of pyridine rings is 1. The summed E-state index contributed by atoms with van der Waals surface area (Å²) in [7, 11) is 3.77. The van der Waals surface area contributed by atoms with Crippen LogP contribution in [0.3, 0.4) is 0 Å². The summed E-state index contributed by atoms with van der Waals surface area (Å²) in [4.78, 5) is 22.6. The predicted octanol–water partition coefficient (Wildman–Crippen LogP) is 1.92. The number of rotatable bonds is 7. The van der Waals surface area contributed by atoms with Crippen LogP contribution in [0.2, 0.25) is 0 Å². The second kappa shape index (κ2) is 7.59. The Labute approximate surface area is 130 Å². The van der Waals surface area contributed by atoms with Gasteiger partial charge in [0.1, 0.15) is 11.4 Å². The van der Waals surface area contributed by atoms with Crippen LogP contribution < -0.4 is 4.74 Å². The number of aromatic nitrogens is 3. The molecule has 2 heterocycles. The molecule has 0 radical (unpaired) electrons. The molecule has 6 heteroatoms. The lowest BCUT2D eigenvalue weighted by Gasteiger charge is -2.18. The van der Waals surface area contributed by atoms with E-state index in [0.29, 0.717) is 24.6 Å². The van der Waals surface area contributed by atoms with Crippen LogP contribution in [0.1, 0.15) is 29.5 Å². The van der Waals surface area contributed by atoms with Gasteiger partial charge >= 0.3 is 0 Å². The molecule has 0 atom stereocenters. The van der Waals surface area contributed by atoms with E-state index < -0.39 is 0 Å². The lowest BCUT2D eigenvalue weighted by atomic mass is 10.2. The highest BCUT2D eigenvalue weighted by molar-refractivity contribution is 5.96. The Morgan fingerprint density at radius 3 is 2.86 bits per heavy atom. The third-order valence-corrected chi connectivity index (χ3v) is 3.44. The molecule has 0 aliphatic carbocycles. The van der Waals surface area contributed by atoms with E-state index in [9.17, 15) is 4.79 Å². The zero-order chi connectivity index (χ0) is 15.9. The van der Waals surface area contributed by atoms with Crippen LogP contribution in [0.25, 0.3) is 0 Å². The first-order chi connectivity index (χ1) is 10.6. The Morgan fingerprint density at radius 1 is 1.36 bits per heavy atom. The number of imidazole rings is 1. The van der Waals surface area contributed by atoms with Gasteiger partial charge in [-0.3, -0.25) is 4.79 Å². The van der Waals surface area contributed by atoms with Gasteiger partial charge in [0.05, 0.1) is 6.61 Å². The molecule has 2 aromatic heterocycles. The van der Waals surface area contributed by atoms with E-state index in [0.717, 1.165) is 18.7 Å². The van der Waals surface area contributed by atoms with Crippen LogP contribution in [0.5, 0.6) is 5.88 Å². The fraction of sp³-hybridized carbons (Fsp3) is 0.438. The molecule has 2 aromatic rings. The van der Waals surface area contributed by atoms with Crippen LogP contribution in [0.4, 0.5) is 0 Å². The molecule has 118 valence electrons. The third kappa shape index (κ3) is 3.84. The summed E-state index contributed by atoms with van der Waals surface area (Å²) in [5.74, 6) is 1.35. The minimum absolute atomic E-state index is 0.0728. The van der Waals surface area contributed by atoms with Gasteiger partial charge in [0.2, 0.25) is 5.88 Å². The van der Waals surface area contributed by atoms with E-state index in [2.05, 4.69) is 9.97 Å². The Morgan fingerprint density at radius 2 is 2.18 bits per heavy atom. The van der Waals surface area contributed by atoms with Gasteiger partial charge in [-0.2, -0.15) is 0 Å². The van der Waals surface area contributed by atoms with Crippen molar-refractivity contribution in [3.63, 3.8) is 0 Å². The van der Waals surface area contributed by atoms with Crippen molar-refractivity contribution < 1.29 is 9.53 Å². The van der Waals surface area contributed by atoms with Gasteiger partial charge < -0.3 is 14.2 Å².